The summed E-state index contributed by atoms with van der Waals surface area (Å²) in [6.45, 7) is 6.63. The summed E-state index contributed by atoms with van der Waals surface area (Å²) in [6, 6.07) is 0. The van der Waals surface area contributed by atoms with Crippen molar-refractivity contribution in [2.75, 3.05) is 13.2 Å². The molecule has 0 fully saturated rings. The molecule has 0 spiro atoms. The SMILES string of the molecule is CCCC/C=C\C/C=C\CCCCCCCC(=O)OC(COC(=O)CCCCCCCCCCCCC)COC(=O)CCCCCCCCCCCCCCCCCCC/C=C\CCCCCCCCCC. The Hall–Kier alpha value is -2.37. The first-order valence-electron chi connectivity index (χ1n) is 32.0. The van der Waals surface area contributed by atoms with Crippen LogP contribution in [0.2, 0.25) is 0 Å². The number of unbranched alkanes of at least 4 members (excludes halogenated alkanes) is 42. The van der Waals surface area contributed by atoms with E-state index < -0.39 is 6.10 Å². The second-order valence-electron chi connectivity index (χ2n) is 21.7. The number of allylic oxidation sites excluding steroid dienone is 6. The molecule has 0 bridgehead atoms. The molecule has 422 valence electrons. The Balaban J connectivity index is 4.11. The molecule has 0 saturated carbocycles. The van der Waals surface area contributed by atoms with Crippen molar-refractivity contribution in [1.82, 2.24) is 0 Å². The Morgan fingerprint density at radius 3 is 0.819 bits per heavy atom. The van der Waals surface area contributed by atoms with Gasteiger partial charge in [0.05, 0.1) is 0 Å². The van der Waals surface area contributed by atoms with E-state index in [0.29, 0.717) is 19.3 Å². The van der Waals surface area contributed by atoms with Gasteiger partial charge in [-0.25, -0.2) is 0 Å². The van der Waals surface area contributed by atoms with Crippen molar-refractivity contribution in [1.29, 1.82) is 0 Å². The van der Waals surface area contributed by atoms with Gasteiger partial charge >= 0.3 is 17.9 Å². The van der Waals surface area contributed by atoms with E-state index in [1.54, 1.807) is 0 Å². The van der Waals surface area contributed by atoms with E-state index in [2.05, 4.69) is 57.2 Å². The van der Waals surface area contributed by atoms with Gasteiger partial charge < -0.3 is 14.2 Å². The number of esters is 3. The fraction of sp³-hybridized carbons (Fsp3) is 0.864. The molecule has 0 aromatic carbocycles. The van der Waals surface area contributed by atoms with Crippen molar-refractivity contribution in [3.8, 4) is 0 Å². The molecule has 0 aliphatic heterocycles. The Morgan fingerprint density at radius 1 is 0.278 bits per heavy atom. The molecule has 0 aliphatic rings. The molecule has 0 heterocycles. The summed E-state index contributed by atoms with van der Waals surface area (Å²) in [7, 11) is 0. The average molecular weight is 1010 g/mol. The first-order chi connectivity index (χ1) is 35.5. The maximum Gasteiger partial charge on any atom is 0.306 e. The van der Waals surface area contributed by atoms with E-state index in [4.69, 9.17) is 14.2 Å². The molecular weight excluding hydrogens is 889 g/mol. The zero-order chi connectivity index (χ0) is 52.2. The van der Waals surface area contributed by atoms with Crippen molar-refractivity contribution in [3.63, 3.8) is 0 Å². The number of hydrogen-bond acceptors (Lipinski definition) is 6. The Morgan fingerprint density at radius 2 is 0.514 bits per heavy atom. The van der Waals surface area contributed by atoms with Gasteiger partial charge in [-0.2, -0.15) is 0 Å². The lowest BCUT2D eigenvalue weighted by Crippen LogP contribution is -2.30. The van der Waals surface area contributed by atoms with Crippen molar-refractivity contribution >= 4 is 17.9 Å². The van der Waals surface area contributed by atoms with E-state index >= 15 is 0 Å². The average Bonchev–Trinajstić information content (AvgIpc) is 3.38. The molecule has 72 heavy (non-hydrogen) atoms. The lowest BCUT2D eigenvalue weighted by molar-refractivity contribution is -0.167. The second kappa shape index (κ2) is 61.2. The molecule has 0 aromatic rings. The molecule has 0 radical (unpaired) electrons. The fourth-order valence-electron chi connectivity index (χ4n) is 9.52. The maximum absolute atomic E-state index is 12.8. The zero-order valence-electron chi connectivity index (χ0n) is 48.5. The first kappa shape index (κ1) is 69.6. The lowest BCUT2D eigenvalue weighted by atomic mass is 10.0. The summed E-state index contributed by atoms with van der Waals surface area (Å²) in [5.41, 5.74) is 0. The van der Waals surface area contributed by atoms with Gasteiger partial charge in [-0.15, -0.1) is 0 Å². The minimum atomic E-state index is -0.775. The monoisotopic (exact) mass is 1010 g/mol. The van der Waals surface area contributed by atoms with Crippen LogP contribution < -0.4 is 0 Å². The summed E-state index contributed by atoms with van der Waals surface area (Å²) >= 11 is 0. The predicted octanol–water partition coefficient (Wildman–Crippen LogP) is 21.6. The second-order valence-corrected chi connectivity index (χ2v) is 21.7. The third kappa shape index (κ3) is 58.5. The third-order valence-corrected chi connectivity index (χ3v) is 14.4. The number of hydrogen-bond donors (Lipinski definition) is 0. The summed E-state index contributed by atoms with van der Waals surface area (Å²) in [5, 5.41) is 0. The molecule has 1 unspecified atom stereocenters. The molecule has 0 aromatic heterocycles. The van der Waals surface area contributed by atoms with Crippen LogP contribution in [0.25, 0.3) is 0 Å². The van der Waals surface area contributed by atoms with Crippen LogP contribution in [0.3, 0.4) is 0 Å². The zero-order valence-corrected chi connectivity index (χ0v) is 48.5. The largest absolute Gasteiger partial charge is 0.462 e. The van der Waals surface area contributed by atoms with Crippen LogP contribution in [0.15, 0.2) is 36.5 Å². The minimum Gasteiger partial charge on any atom is -0.462 e. The predicted molar refractivity (Wildman–Crippen MR) is 312 cm³/mol. The summed E-state index contributed by atoms with van der Waals surface area (Å²) in [5.74, 6) is -0.868. The molecule has 0 aliphatic carbocycles. The third-order valence-electron chi connectivity index (χ3n) is 14.4. The van der Waals surface area contributed by atoms with Crippen LogP contribution in [0, 0.1) is 0 Å². The van der Waals surface area contributed by atoms with Crippen LogP contribution in [0.4, 0.5) is 0 Å². The van der Waals surface area contributed by atoms with Crippen LogP contribution in [-0.2, 0) is 28.6 Å². The Labute approximate surface area is 448 Å². The van der Waals surface area contributed by atoms with E-state index in [9.17, 15) is 14.4 Å². The highest BCUT2D eigenvalue weighted by atomic mass is 16.6. The summed E-state index contributed by atoms with van der Waals surface area (Å²) in [6.07, 6.45) is 74.6. The van der Waals surface area contributed by atoms with Crippen LogP contribution >= 0.6 is 0 Å². The van der Waals surface area contributed by atoms with Crippen molar-refractivity contribution in [2.24, 2.45) is 0 Å². The maximum atomic E-state index is 12.8. The van der Waals surface area contributed by atoms with Crippen molar-refractivity contribution in [3.05, 3.63) is 36.5 Å². The van der Waals surface area contributed by atoms with E-state index in [1.807, 2.05) is 0 Å². The van der Waals surface area contributed by atoms with Crippen LogP contribution in [-0.4, -0.2) is 37.2 Å². The molecule has 6 nitrogen and oxygen atoms in total. The van der Waals surface area contributed by atoms with Crippen molar-refractivity contribution in [2.45, 2.75) is 354 Å². The number of rotatable bonds is 59. The highest BCUT2D eigenvalue weighted by Gasteiger charge is 2.19. The van der Waals surface area contributed by atoms with E-state index in [-0.39, 0.29) is 31.1 Å². The minimum absolute atomic E-state index is 0.0733. The van der Waals surface area contributed by atoms with Gasteiger partial charge in [0.25, 0.3) is 0 Å². The molecule has 0 rings (SSSR count). The van der Waals surface area contributed by atoms with Crippen LogP contribution in [0.1, 0.15) is 348 Å². The van der Waals surface area contributed by atoms with Gasteiger partial charge in [-0.1, -0.05) is 295 Å². The van der Waals surface area contributed by atoms with E-state index in [0.717, 1.165) is 83.5 Å². The van der Waals surface area contributed by atoms with Gasteiger partial charge in [-0.3, -0.25) is 14.4 Å². The standard InChI is InChI=1S/C66H122O6/c1-4-7-10-13-16-19-22-24-26-27-28-29-30-31-32-33-34-35-36-37-38-39-40-42-44-47-50-53-56-59-65(68)71-62-63(61-70-64(67)58-55-52-49-46-43-21-18-15-12-9-6-3)72-66(69)60-57-54-51-48-45-41-25-23-20-17-14-11-8-5-2/h14,17,23,25,27-28,63H,4-13,15-16,18-22,24,26,29-62H2,1-3H3/b17-14-,25-23-,28-27-. The fourth-order valence-corrected chi connectivity index (χ4v) is 9.52. The number of ether oxygens (including phenoxy) is 3. The van der Waals surface area contributed by atoms with Crippen LogP contribution in [0.5, 0.6) is 0 Å². The quantitative estimate of drug-likeness (QED) is 0.0261. The molecule has 0 amide bonds. The topological polar surface area (TPSA) is 78.9 Å². The van der Waals surface area contributed by atoms with Gasteiger partial charge in [0, 0.05) is 19.3 Å². The molecule has 6 heteroatoms. The summed E-state index contributed by atoms with van der Waals surface area (Å²) in [4.78, 5) is 38.1. The lowest BCUT2D eigenvalue weighted by Gasteiger charge is -2.18. The Bertz CT molecular complexity index is 1210. The van der Waals surface area contributed by atoms with Gasteiger partial charge in [-0.05, 0) is 70.6 Å². The highest BCUT2D eigenvalue weighted by molar-refractivity contribution is 5.71. The van der Waals surface area contributed by atoms with E-state index in [1.165, 1.54) is 225 Å². The number of carbonyl (C=O) groups excluding carboxylic acids is 3. The van der Waals surface area contributed by atoms with Gasteiger partial charge in [0.2, 0.25) is 0 Å². The molecule has 1 atom stereocenters. The first-order valence-corrected chi connectivity index (χ1v) is 32.0. The summed E-state index contributed by atoms with van der Waals surface area (Å²) < 4.78 is 16.9. The molecule has 0 saturated heterocycles. The van der Waals surface area contributed by atoms with Crippen molar-refractivity contribution < 1.29 is 28.6 Å². The smallest absolute Gasteiger partial charge is 0.306 e. The van der Waals surface area contributed by atoms with Gasteiger partial charge in [0.1, 0.15) is 13.2 Å². The number of carbonyl (C=O) groups is 3. The molecule has 0 N–H and O–H groups in total. The highest BCUT2D eigenvalue weighted by Crippen LogP contribution is 2.17. The Kier molecular flexibility index (Phi) is 59.2. The molecular formula is C66H122O6. The van der Waals surface area contributed by atoms with Gasteiger partial charge in [0.15, 0.2) is 6.10 Å². The normalized spacial score (nSPS) is 12.2.